The van der Waals surface area contributed by atoms with Gasteiger partial charge in [0.15, 0.2) is 17.5 Å². The molecule has 0 radical (unpaired) electrons. The van der Waals surface area contributed by atoms with Gasteiger partial charge in [0.25, 0.3) is 0 Å². The minimum Gasteiger partial charge on any atom is -0.486 e. The van der Waals surface area contributed by atoms with E-state index in [0.717, 1.165) is 18.9 Å². The summed E-state index contributed by atoms with van der Waals surface area (Å²) in [6.07, 6.45) is 0.924. The molecule has 1 unspecified atom stereocenters. The number of rotatable bonds is 7. The fraction of sp³-hybridized carbons (Fsp3) is 0.562. The highest BCUT2D eigenvalue weighted by Gasteiger charge is 2.08. The van der Waals surface area contributed by atoms with Crippen molar-refractivity contribution in [3.8, 4) is 5.75 Å². The molecule has 21 heavy (non-hydrogen) atoms. The van der Waals surface area contributed by atoms with Gasteiger partial charge in [0, 0.05) is 13.6 Å². The Morgan fingerprint density at radius 3 is 2.57 bits per heavy atom. The van der Waals surface area contributed by atoms with Gasteiger partial charge in [-0.05, 0) is 31.4 Å². The van der Waals surface area contributed by atoms with Crippen LogP contribution in [0.25, 0.3) is 0 Å². The van der Waals surface area contributed by atoms with Crippen molar-refractivity contribution in [2.24, 2.45) is 10.9 Å². The van der Waals surface area contributed by atoms with Crippen LogP contribution in [0.3, 0.4) is 0 Å². The number of hydrogen-bond acceptors (Lipinski definition) is 2. The number of aliphatic imine (C=N–C) groups is 1. The number of halogens is 1. The van der Waals surface area contributed by atoms with Gasteiger partial charge in [0.05, 0.1) is 6.54 Å². The number of ether oxygens (including phenoxy) is 1. The van der Waals surface area contributed by atoms with Crippen molar-refractivity contribution >= 4 is 5.96 Å². The minimum absolute atomic E-state index is 0.162. The highest BCUT2D eigenvalue weighted by atomic mass is 19.1. The van der Waals surface area contributed by atoms with Crippen LogP contribution in [-0.2, 0) is 0 Å². The number of hydrogen-bond donors (Lipinski definition) is 2. The van der Waals surface area contributed by atoms with Gasteiger partial charge < -0.3 is 15.4 Å². The van der Waals surface area contributed by atoms with Crippen LogP contribution in [-0.4, -0.2) is 32.2 Å². The molecule has 0 bridgehead atoms. The summed E-state index contributed by atoms with van der Waals surface area (Å²) < 4.78 is 19.0. The zero-order chi connectivity index (χ0) is 15.7. The third kappa shape index (κ3) is 6.97. The average molecular weight is 295 g/mol. The van der Waals surface area contributed by atoms with E-state index < -0.39 is 0 Å². The summed E-state index contributed by atoms with van der Waals surface area (Å²) in [5.41, 5.74) is 0. The van der Waals surface area contributed by atoms with E-state index in [1.54, 1.807) is 25.2 Å². The normalized spacial score (nSPS) is 13.1. The van der Waals surface area contributed by atoms with Gasteiger partial charge >= 0.3 is 0 Å². The lowest BCUT2D eigenvalue weighted by atomic mass is 10.1. The van der Waals surface area contributed by atoms with Crippen molar-refractivity contribution in [2.45, 2.75) is 33.3 Å². The smallest absolute Gasteiger partial charge is 0.191 e. The van der Waals surface area contributed by atoms with Crippen molar-refractivity contribution < 1.29 is 9.13 Å². The first-order valence-corrected chi connectivity index (χ1v) is 7.38. The Balaban J connectivity index is 2.34. The molecule has 0 spiro atoms. The lowest BCUT2D eigenvalue weighted by Gasteiger charge is -2.18. The molecule has 0 aromatic heterocycles. The third-order valence-electron chi connectivity index (χ3n) is 2.96. The molecule has 1 aromatic carbocycles. The van der Waals surface area contributed by atoms with Gasteiger partial charge in [0.2, 0.25) is 0 Å². The van der Waals surface area contributed by atoms with E-state index in [1.807, 2.05) is 6.92 Å². The van der Waals surface area contributed by atoms with E-state index in [9.17, 15) is 4.39 Å². The van der Waals surface area contributed by atoms with E-state index in [1.165, 1.54) is 6.07 Å². The molecule has 1 atom stereocenters. The molecule has 1 aromatic rings. The van der Waals surface area contributed by atoms with Crippen LogP contribution >= 0.6 is 0 Å². The molecule has 0 saturated heterocycles. The summed E-state index contributed by atoms with van der Waals surface area (Å²) in [5.74, 6) is 1.32. The van der Waals surface area contributed by atoms with E-state index in [2.05, 4.69) is 29.5 Å². The van der Waals surface area contributed by atoms with Gasteiger partial charge in [-0.3, -0.25) is 4.99 Å². The second-order valence-electron chi connectivity index (χ2n) is 5.42. The van der Waals surface area contributed by atoms with Gasteiger partial charge in [0.1, 0.15) is 6.10 Å². The second-order valence-corrected chi connectivity index (χ2v) is 5.42. The van der Waals surface area contributed by atoms with Gasteiger partial charge in [-0.1, -0.05) is 26.0 Å². The maximum atomic E-state index is 13.5. The molecular weight excluding hydrogens is 269 g/mol. The van der Waals surface area contributed by atoms with E-state index in [4.69, 9.17) is 4.74 Å². The molecule has 118 valence electrons. The minimum atomic E-state index is -0.344. The van der Waals surface area contributed by atoms with Crippen molar-refractivity contribution in [2.75, 3.05) is 20.1 Å². The lowest BCUT2D eigenvalue weighted by molar-refractivity contribution is 0.214. The van der Waals surface area contributed by atoms with Crippen molar-refractivity contribution in [3.05, 3.63) is 30.1 Å². The first-order valence-electron chi connectivity index (χ1n) is 7.38. The summed E-state index contributed by atoms with van der Waals surface area (Å²) in [6, 6.07) is 6.42. The number of nitrogens with zero attached hydrogens (tertiary/aromatic N) is 1. The fourth-order valence-electron chi connectivity index (χ4n) is 1.74. The molecule has 0 saturated carbocycles. The molecule has 0 aliphatic rings. The van der Waals surface area contributed by atoms with Crippen LogP contribution in [0.2, 0.25) is 0 Å². The Kier molecular flexibility index (Phi) is 7.58. The van der Waals surface area contributed by atoms with E-state index in [-0.39, 0.29) is 17.7 Å². The quantitative estimate of drug-likeness (QED) is 0.600. The molecule has 0 aliphatic carbocycles. The monoisotopic (exact) mass is 295 g/mol. The fourth-order valence-corrected chi connectivity index (χ4v) is 1.74. The summed E-state index contributed by atoms with van der Waals surface area (Å²) >= 11 is 0. The van der Waals surface area contributed by atoms with Crippen LogP contribution in [0.5, 0.6) is 5.75 Å². The second kappa shape index (κ2) is 9.21. The Morgan fingerprint density at radius 1 is 1.24 bits per heavy atom. The Bertz CT molecular complexity index is 449. The lowest BCUT2D eigenvalue weighted by Crippen LogP contribution is -2.42. The van der Waals surface area contributed by atoms with Gasteiger partial charge in [-0.2, -0.15) is 0 Å². The molecule has 0 amide bonds. The highest BCUT2D eigenvalue weighted by Crippen LogP contribution is 2.16. The number of guanidine groups is 1. The predicted octanol–water partition coefficient (Wildman–Crippen LogP) is 2.80. The largest absolute Gasteiger partial charge is 0.486 e. The maximum absolute atomic E-state index is 13.5. The topological polar surface area (TPSA) is 45.7 Å². The number of nitrogens with one attached hydrogen (secondary N) is 2. The molecule has 0 aliphatic heterocycles. The molecule has 0 fully saturated rings. The molecule has 4 nitrogen and oxygen atoms in total. The Morgan fingerprint density at radius 2 is 1.95 bits per heavy atom. The summed E-state index contributed by atoms with van der Waals surface area (Å²) in [6.45, 7) is 7.68. The highest BCUT2D eigenvalue weighted by molar-refractivity contribution is 5.79. The third-order valence-corrected chi connectivity index (χ3v) is 2.96. The zero-order valence-corrected chi connectivity index (χ0v) is 13.3. The van der Waals surface area contributed by atoms with Gasteiger partial charge in [-0.25, -0.2) is 4.39 Å². The Labute approximate surface area is 126 Å². The van der Waals surface area contributed by atoms with Crippen LogP contribution < -0.4 is 15.4 Å². The van der Waals surface area contributed by atoms with Crippen molar-refractivity contribution in [1.29, 1.82) is 0 Å². The first kappa shape index (κ1) is 17.3. The van der Waals surface area contributed by atoms with E-state index in [0.29, 0.717) is 12.5 Å². The summed E-state index contributed by atoms with van der Waals surface area (Å²) in [5, 5.41) is 6.41. The van der Waals surface area contributed by atoms with Crippen LogP contribution in [0.15, 0.2) is 29.3 Å². The average Bonchev–Trinajstić information content (AvgIpc) is 2.44. The molecular formula is C16H26FN3O. The molecule has 0 heterocycles. The van der Waals surface area contributed by atoms with Crippen LogP contribution in [0.4, 0.5) is 4.39 Å². The standard InChI is InChI=1S/C16H26FN3O/c1-12(2)9-10-19-16(18-4)20-11-13(3)21-15-8-6-5-7-14(15)17/h5-8,12-13H,9-11H2,1-4H3,(H2,18,19,20). The van der Waals surface area contributed by atoms with Crippen molar-refractivity contribution in [3.63, 3.8) is 0 Å². The van der Waals surface area contributed by atoms with Crippen LogP contribution in [0, 0.1) is 11.7 Å². The first-order chi connectivity index (χ1) is 10.0. The molecule has 2 N–H and O–H groups in total. The summed E-state index contributed by atoms with van der Waals surface area (Å²) in [4.78, 5) is 4.15. The zero-order valence-electron chi connectivity index (χ0n) is 13.3. The maximum Gasteiger partial charge on any atom is 0.191 e. The van der Waals surface area contributed by atoms with Crippen molar-refractivity contribution in [1.82, 2.24) is 10.6 Å². The van der Waals surface area contributed by atoms with E-state index >= 15 is 0 Å². The SMILES string of the molecule is CN=C(NCCC(C)C)NCC(C)Oc1ccccc1F. The van der Waals surface area contributed by atoms with Gasteiger partial charge in [-0.15, -0.1) is 0 Å². The predicted molar refractivity (Wildman–Crippen MR) is 85.3 cm³/mol. The van der Waals surface area contributed by atoms with Crippen LogP contribution in [0.1, 0.15) is 27.2 Å². The molecule has 5 heteroatoms. The number of benzene rings is 1. The molecule has 1 rings (SSSR count). The number of para-hydroxylation sites is 1. The Hall–Kier alpha value is -1.78. The summed E-state index contributed by atoms with van der Waals surface area (Å²) in [7, 11) is 1.73.